The standard InChI is InChI=1S/C16H22ClN3S/c1-3-10-20-11-9-19-16(20)15(18-4-2)12-21-14-7-5-13(17)6-8-14/h5-9,11,15,18H,3-4,10,12H2,1-2H3. The van der Waals surface area contributed by atoms with Gasteiger partial charge >= 0.3 is 0 Å². The van der Waals surface area contributed by atoms with Crippen molar-refractivity contribution in [2.75, 3.05) is 12.3 Å². The van der Waals surface area contributed by atoms with Gasteiger partial charge in [0.1, 0.15) is 5.82 Å². The van der Waals surface area contributed by atoms with E-state index in [0.717, 1.165) is 36.1 Å². The molecule has 1 atom stereocenters. The van der Waals surface area contributed by atoms with Crippen molar-refractivity contribution in [1.29, 1.82) is 0 Å². The van der Waals surface area contributed by atoms with E-state index in [0.29, 0.717) is 0 Å². The number of thioether (sulfide) groups is 1. The highest BCUT2D eigenvalue weighted by molar-refractivity contribution is 7.99. The molecule has 21 heavy (non-hydrogen) atoms. The van der Waals surface area contributed by atoms with Gasteiger partial charge in [-0.2, -0.15) is 0 Å². The minimum atomic E-state index is 0.261. The van der Waals surface area contributed by atoms with E-state index >= 15 is 0 Å². The third-order valence-corrected chi connectivity index (χ3v) is 4.56. The first kappa shape index (κ1) is 16.4. The van der Waals surface area contributed by atoms with Gasteiger partial charge in [-0.15, -0.1) is 11.8 Å². The zero-order chi connectivity index (χ0) is 15.1. The molecular formula is C16H22ClN3S. The summed E-state index contributed by atoms with van der Waals surface area (Å²) in [6.07, 6.45) is 5.07. The Kier molecular flexibility index (Phi) is 6.61. The third-order valence-electron chi connectivity index (χ3n) is 3.20. The second kappa shape index (κ2) is 8.47. The fraction of sp³-hybridized carbons (Fsp3) is 0.438. The van der Waals surface area contributed by atoms with Crippen LogP contribution in [0.25, 0.3) is 0 Å². The van der Waals surface area contributed by atoms with Crippen LogP contribution in [0.2, 0.25) is 5.02 Å². The summed E-state index contributed by atoms with van der Waals surface area (Å²) >= 11 is 7.75. The Hall–Kier alpha value is -0.970. The number of nitrogens with zero attached hydrogens (tertiary/aromatic N) is 2. The fourth-order valence-electron chi connectivity index (χ4n) is 2.24. The zero-order valence-electron chi connectivity index (χ0n) is 12.6. The number of hydrogen-bond acceptors (Lipinski definition) is 3. The summed E-state index contributed by atoms with van der Waals surface area (Å²) in [6.45, 7) is 6.27. The van der Waals surface area contributed by atoms with E-state index < -0.39 is 0 Å². The van der Waals surface area contributed by atoms with E-state index in [4.69, 9.17) is 11.6 Å². The molecule has 0 aliphatic heterocycles. The van der Waals surface area contributed by atoms with E-state index in [1.165, 1.54) is 4.90 Å². The average molecular weight is 324 g/mol. The van der Waals surface area contributed by atoms with Gasteiger partial charge in [-0.25, -0.2) is 4.98 Å². The van der Waals surface area contributed by atoms with Crippen molar-refractivity contribution >= 4 is 23.4 Å². The van der Waals surface area contributed by atoms with Crippen molar-refractivity contribution in [2.24, 2.45) is 0 Å². The lowest BCUT2D eigenvalue weighted by atomic mass is 10.3. The summed E-state index contributed by atoms with van der Waals surface area (Å²) in [7, 11) is 0. The molecular weight excluding hydrogens is 302 g/mol. The van der Waals surface area contributed by atoms with E-state index in [2.05, 4.69) is 47.0 Å². The van der Waals surface area contributed by atoms with Crippen LogP contribution >= 0.6 is 23.4 Å². The Morgan fingerprint density at radius 3 is 2.71 bits per heavy atom. The van der Waals surface area contributed by atoms with E-state index in [9.17, 15) is 0 Å². The van der Waals surface area contributed by atoms with Gasteiger partial charge in [0.25, 0.3) is 0 Å². The van der Waals surface area contributed by atoms with Gasteiger partial charge in [0.2, 0.25) is 0 Å². The predicted octanol–water partition coefficient (Wildman–Crippen LogP) is 4.39. The first-order valence-corrected chi connectivity index (χ1v) is 8.73. The Morgan fingerprint density at radius 2 is 2.05 bits per heavy atom. The first-order chi connectivity index (χ1) is 10.2. The monoisotopic (exact) mass is 323 g/mol. The Bertz CT molecular complexity index is 539. The summed E-state index contributed by atoms with van der Waals surface area (Å²) < 4.78 is 2.25. The number of nitrogens with one attached hydrogen (secondary N) is 1. The van der Waals surface area contributed by atoms with Gasteiger partial charge in [-0.3, -0.25) is 0 Å². The van der Waals surface area contributed by atoms with Crippen LogP contribution in [0.15, 0.2) is 41.6 Å². The SMILES string of the molecule is CCCn1ccnc1C(CSc1ccc(Cl)cc1)NCC. The molecule has 0 aliphatic carbocycles. The van der Waals surface area contributed by atoms with Crippen LogP contribution in [0.1, 0.15) is 32.1 Å². The summed E-state index contributed by atoms with van der Waals surface area (Å²) in [4.78, 5) is 5.78. The van der Waals surface area contributed by atoms with Gasteiger partial charge in [0, 0.05) is 34.6 Å². The minimum absolute atomic E-state index is 0.261. The molecule has 1 unspecified atom stereocenters. The highest BCUT2D eigenvalue weighted by atomic mass is 35.5. The Balaban J connectivity index is 2.04. The van der Waals surface area contributed by atoms with Gasteiger partial charge in [0.05, 0.1) is 6.04 Å². The van der Waals surface area contributed by atoms with Crippen molar-refractivity contribution in [3.63, 3.8) is 0 Å². The highest BCUT2D eigenvalue weighted by Crippen LogP contribution is 2.25. The van der Waals surface area contributed by atoms with Crippen molar-refractivity contribution in [2.45, 2.75) is 37.8 Å². The molecule has 0 fully saturated rings. The van der Waals surface area contributed by atoms with Crippen LogP contribution < -0.4 is 5.32 Å². The largest absolute Gasteiger partial charge is 0.334 e. The van der Waals surface area contributed by atoms with Crippen LogP contribution in [0.3, 0.4) is 0 Å². The summed E-state index contributed by atoms with van der Waals surface area (Å²) in [5.41, 5.74) is 0. The molecule has 0 saturated carbocycles. The molecule has 1 aromatic heterocycles. The molecule has 0 aliphatic rings. The van der Waals surface area contributed by atoms with E-state index in [-0.39, 0.29) is 6.04 Å². The van der Waals surface area contributed by atoms with Crippen LogP contribution in [-0.2, 0) is 6.54 Å². The lowest BCUT2D eigenvalue weighted by Crippen LogP contribution is -2.26. The fourth-order valence-corrected chi connectivity index (χ4v) is 3.32. The second-order valence-corrected chi connectivity index (χ2v) is 6.38. The summed E-state index contributed by atoms with van der Waals surface area (Å²) in [5, 5.41) is 4.31. The molecule has 0 radical (unpaired) electrons. The molecule has 114 valence electrons. The first-order valence-electron chi connectivity index (χ1n) is 7.37. The molecule has 5 heteroatoms. The topological polar surface area (TPSA) is 29.9 Å². The minimum Gasteiger partial charge on any atom is -0.334 e. The van der Waals surface area contributed by atoms with Crippen LogP contribution in [0, 0.1) is 0 Å². The van der Waals surface area contributed by atoms with E-state index in [1.807, 2.05) is 30.1 Å². The molecule has 0 bridgehead atoms. The Labute approximate surface area is 136 Å². The molecule has 0 amide bonds. The lowest BCUT2D eigenvalue weighted by Gasteiger charge is -2.18. The number of benzene rings is 1. The number of hydrogen-bond donors (Lipinski definition) is 1. The number of aromatic nitrogens is 2. The quantitative estimate of drug-likeness (QED) is 0.731. The number of aryl methyl sites for hydroxylation is 1. The van der Waals surface area contributed by atoms with Gasteiger partial charge in [-0.1, -0.05) is 25.4 Å². The average Bonchev–Trinajstić information content (AvgIpc) is 2.94. The third kappa shape index (κ3) is 4.77. The zero-order valence-corrected chi connectivity index (χ0v) is 14.1. The predicted molar refractivity (Wildman–Crippen MR) is 91.1 cm³/mol. The van der Waals surface area contributed by atoms with Gasteiger partial charge < -0.3 is 9.88 Å². The number of imidazole rings is 1. The molecule has 2 rings (SSSR count). The maximum absolute atomic E-state index is 5.93. The van der Waals surface area contributed by atoms with Crippen molar-refractivity contribution < 1.29 is 0 Å². The number of halogens is 1. The molecule has 0 saturated heterocycles. The second-order valence-electron chi connectivity index (χ2n) is 4.85. The molecule has 1 aromatic carbocycles. The van der Waals surface area contributed by atoms with Crippen LogP contribution in [0.4, 0.5) is 0 Å². The smallest absolute Gasteiger partial charge is 0.126 e. The molecule has 2 aromatic rings. The Morgan fingerprint density at radius 1 is 1.29 bits per heavy atom. The summed E-state index contributed by atoms with van der Waals surface area (Å²) in [5.74, 6) is 2.08. The lowest BCUT2D eigenvalue weighted by molar-refractivity contribution is 0.527. The molecule has 1 N–H and O–H groups in total. The normalized spacial score (nSPS) is 12.5. The van der Waals surface area contributed by atoms with Crippen molar-refractivity contribution in [1.82, 2.24) is 14.9 Å². The van der Waals surface area contributed by atoms with Crippen LogP contribution in [-0.4, -0.2) is 21.8 Å². The number of rotatable bonds is 8. The molecule has 0 spiro atoms. The molecule has 3 nitrogen and oxygen atoms in total. The molecule has 1 heterocycles. The maximum Gasteiger partial charge on any atom is 0.126 e. The van der Waals surface area contributed by atoms with Gasteiger partial charge in [-0.05, 0) is 37.2 Å². The maximum atomic E-state index is 5.93. The highest BCUT2D eigenvalue weighted by Gasteiger charge is 2.16. The van der Waals surface area contributed by atoms with Crippen molar-refractivity contribution in [3.05, 3.63) is 47.5 Å². The summed E-state index contributed by atoms with van der Waals surface area (Å²) in [6, 6.07) is 8.26. The van der Waals surface area contributed by atoms with Crippen molar-refractivity contribution in [3.8, 4) is 0 Å². The van der Waals surface area contributed by atoms with Gasteiger partial charge in [0.15, 0.2) is 0 Å². The van der Waals surface area contributed by atoms with E-state index in [1.54, 1.807) is 0 Å². The van der Waals surface area contributed by atoms with Crippen LogP contribution in [0.5, 0.6) is 0 Å².